The van der Waals surface area contributed by atoms with Crippen molar-refractivity contribution in [3.05, 3.63) is 32.4 Å². The second-order valence-electron chi connectivity index (χ2n) is 4.47. The predicted octanol–water partition coefficient (Wildman–Crippen LogP) is 3.96. The number of halogens is 2. The molecule has 92 valence electrons. The van der Waals surface area contributed by atoms with Crippen LogP contribution in [0.5, 0.6) is 0 Å². The highest BCUT2D eigenvalue weighted by molar-refractivity contribution is 14.1. The lowest BCUT2D eigenvalue weighted by molar-refractivity contribution is 0.0634. The van der Waals surface area contributed by atoms with Crippen LogP contribution in [0.25, 0.3) is 0 Å². The van der Waals surface area contributed by atoms with Gasteiger partial charge in [0, 0.05) is 21.2 Å². The average molecular weight is 364 g/mol. The molecule has 1 aliphatic heterocycles. The van der Waals surface area contributed by atoms with Gasteiger partial charge >= 0.3 is 0 Å². The van der Waals surface area contributed by atoms with Gasteiger partial charge in [0.15, 0.2) is 0 Å². The fraction of sp³-hybridized carbons (Fsp3) is 0.462. The number of carbonyl (C=O) groups is 1. The molecule has 0 bridgehead atoms. The van der Waals surface area contributed by atoms with Crippen LogP contribution >= 0.6 is 34.2 Å². The summed E-state index contributed by atoms with van der Waals surface area (Å²) in [5.41, 5.74) is 0.767. The lowest BCUT2D eigenvalue weighted by Gasteiger charge is -2.33. The van der Waals surface area contributed by atoms with Crippen molar-refractivity contribution in [3.8, 4) is 0 Å². The average Bonchev–Trinajstić information content (AvgIpc) is 2.29. The molecule has 17 heavy (non-hydrogen) atoms. The van der Waals surface area contributed by atoms with Crippen molar-refractivity contribution in [1.29, 1.82) is 0 Å². The molecule has 1 amide bonds. The zero-order chi connectivity index (χ0) is 12.4. The van der Waals surface area contributed by atoms with Crippen LogP contribution in [-0.4, -0.2) is 23.4 Å². The largest absolute Gasteiger partial charge is 0.336 e. The molecule has 0 spiro atoms. The van der Waals surface area contributed by atoms with Crippen LogP contribution in [0.4, 0.5) is 0 Å². The summed E-state index contributed by atoms with van der Waals surface area (Å²) in [6.45, 7) is 3.00. The molecule has 1 unspecified atom stereocenters. The molecule has 4 heteroatoms. The maximum absolute atomic E-state index is 12.4. The van der Waals surface area contributed by atoms with E-state index in [9.17, 15) is 4.79 Å². The van der Waals surface area contributed by atoms with Crippen LogP contribution in [0, 0.1) is 3.57 Å². The highest BCUT2D eigenvalue weighted by Gasteiger charge is 2.25. The van der Waals surface area contributed by atoms with Crippen LogP contribution in [0.15, 0.2) is 18.2 Å². The summed E-state index contributed by atoms with van der Waals surface area (Å²) in [6.07, 6.45) is 3.44. The van der Waals surface area contributed by atoms with Crippen LogP contribution < -0.4 is 0 Å². The summed E-state index contributed by atoms with van der Waals surface area (Å²) in [7, 11) is 0. The Bertz CT molecular complexity index is 435. The van der Waals surface area contributed by atoms with E-state index in [4.69, 9.17) is 11.6 Å². The van der Waals surface area contributed by atoms with E-state index in [1.54, 1.807) is 6.07 Å². The molecule has 0 aromatic heterocycles. The molecule has 0 saturated carbocycles. The first-order chi connectivity index (χ1) is 8.09. The minimum atomic E-state index is 0.137. The van der Waals surface area contributed by atoms with Crippen LogP contribution in [0.3, 0.4) is 0 Å². The summed E-state index contributed by atoms with van der Waals surface area (Å²) in [5, 5.41) is 0.678. The molecule has 1 atom stereocenters. The number of hydrogen-bond acceptors (Lipinski definition) is 1. The van der Waals surface area contributed by atoms with Gasteiger partial charge in [0.05, 0.1) is 5.56 Å². The lowest BCUT2D eigenvalue weighted by atomic mass is 10.0. The molecule has 1 saturated heterocycles. The molecule has 2 nitrogen and oxygen atoms in total. The van der Waals surface area contributed by atoms with Crippen molar-refractivity contribution in [2.75, 3.05) is 6.54 Å². The number of piperidine rings is 1. The second-order valence-corrected chi connectivity index (χ2v) is 6.07. The Morgan fingerprint density at radius 3 is 2.88 bits per heavy atom. The minimum Gasteiger partial charge on any atom is -0.336 e. The Morgan fingerprint density at radius 1 is 1.47 bits per heavy atom. The Labute approximate surface area is 120 Å². The molecule has 0 aliphatic carbocycles. The lowest BCUT2D eigenvalue weighted by Crippen LogP contribution is -2.42. The van der Waals surface area contributed by atoms with Gasteiger partial charge in [0.1, 0.15) is 0 Å². The normalized spacial score (nSPS) is 20.4. The SMILES string of the molecule is CC1CCCCN1C(=O)c1ccc(Cl)cc1I. The summed E-state index contributed by atoms with van der Waals surface area (Å²) in [5.74, 6) is 0.137. The maximum atomic E-state index is 12.4. The van der Waals surface area contributed by atoms with Crippen molar-refractivity contribution in [1.82, 2.24) is 4.90 Å². The van der Waals surface area contributed by atoms with E-state index in [-0.39, 0.29) is 5.91 Å². The van der Waals surface area contributed by atoms with Crippen molar-refractivity contribution >= 4 is 40.1 Å². The van der Waals surface area contributed by atoms with Gasteiger partial charge in [0.2, 0.25) is 0 Å². The van der Waals surface area contributed by atoms with Gasteiger partial charge in [-0.1, -0.05) is 11.6 Å². The number of likely N-dealkylation sites (tertiary alicyclic amines) is 1. The van der Waals surface area contributed by atoms with Gasteiger partial charge in [-0.25, -0.2) is 0 Å². The van der Waals surface area contributed by atoms with Gasteiger partial charge in [-0.3, -0.25) is 4.79 Å². The van der Waals surface area contributed by atoms with E-state index in [1.165, 1.54) is 6.42 Å². The van der Waals surface area contributed by atoms with E-state index in [0.717, 1.165) is 28.5 Å². The molecule has 1 aromatic carbocycles. The van der Waals surface area contributed by atoms with E-state index < -0.39 is 0 Å². The zero-order valence-corrected chi connectivity index (χ0v) is 12.7. The quantitative estimate of drug-likeness (QED) is 0.692. The van der Waals surface area contributed by atoms with E-state index in [2.05, 4.69) is 29.5 Å². The Kier molecular flexibility index (Phi) is 4.31. The third-order valence-electron chi connectivity index (χ3n) is 3.23. The van der Waals surface area contributed by atoms with Gasteiger partial charge in [-0.2, -0.15) is 0 Å². The molecule has 0 radical (unpaired) electrons. The Hall–Kier alpha value is -0.290. The Balaban J connectivity index is 2.24. The van der Waals surface area contributed by atoms with Crippen molar-refractivity contribution in [3.63, 3.8) is 0 Å². The van der Waals surface area contributed by atoms with Crippen molar-refractivity contribution in [2.45, 2.75) is 32.2 Å². The zero-order valence-electron chi connectivity index (χ0n) is 9.75. The minimum absolute atomic E-state index is 0.137. The van der Waals surface area contributed by atoms with Crippen LogP contribution in [0.2, 0.25) is 5.02 Å². The molecule has 0 N–H and O–H groups in total. The second kappa shape index (κ2) is 5.57. The summed E-state index contributed by atoms with van der Waals surface area (Å²) >= 11 is 8.08. The first-order valence-electron chi connectivity index (χ1n) is 5.85. The van der Waals surface area contributed by atoms with Gasteiger partial charge in [0.25, 0.3) is 5.91 Å². The number of carbonyl (C=O) groups excluding carboxylic acids is 1. The van der Waals surface area contributed by atoms with Gasteiger partial charge < -0.3 is 4.90 Å². The standard InChI is InChI=1S/C13H15ClINO/c1-9-4-2-3-7-16(9)13(17)11-6-5-10(14)8-12(11)15/h5-6,8-9H,2-4,7H2,1H3. The van der Waals surface area contributed by atoms with Crippen molar-refractivity contribution < 1.29 is 4.79 Å². The molecule has 1 aliphatic rings. The summed E-state index contributed by atoms with van der Waals surface area (Å²) in [4.78, 5) is 14.4. The first-order valence-corrected chi connectivity index (χ1v) is 7.31. The number of hydrogen-bond donors (Lipinski definition) is 0. The summed E-state index contributed by atoms with van der Waals surface area (Å²) < 4.78 is 0.929. The monoisotopic (exact) mass is 363 g/mol. The predicted molar refractivity (Wildman–Crippen MR) is 78.5 cm³/mol. The molecular weight excluding hydrogens is 349 g/mol. The first kappa shape index (κ1) is 13.1. The van der Waals surface area contributed by atoms with Crippen LogP contribution in [0.1, 0.15) is 36.5 Å². The topological polar surface area (TPSA) is 20.3 Å². The number of rotatable bonds is 1. The molecule has 2 rings (SSSR count). The molecule has 1 heterocycles. The smallest absolute Gasteiger partial charge is 0.255 e. The number of nitrogens with zero attached hydrogens (tertiary/aromatic N) is 1. The third kappa shape index (κ3) is 2.94. The molecule has 1 aromatic rings. The van der Waals surface area contributed by atoms with E-state index in [0.29, 0.717) is 11.1 Å². The van der Waals surface area contributed by atoms with E-state index >= 15 is 0 Å². The van der Waals surface area contributed by atoms with Gasteiger partial charge in [-0.05, 0) is 67.0 Å². The highest BCUT2D eigenvalue weighted by Crippen LogP contribution is 2.23. The third-order valence-corrected chi connectivity index (χ3v) is 4.35. The van der Waals surface area contributed by atoms with Crippen LogP contribution in [-0.2, 0) is 0 Å². The summed E-state index contributed by atoms with van der Waals surface area (Å²) in [6, 6.07) is 5.80. The van der Waals surface area contributed by atoms with Crippen molar-refractivity contribution in [2.24, 2.45) is 0 Å². The highest BCUT2D eigenvalue weighted by atomic mass is 127. The van der Waals surface area contributed by atoms with Gasteiger partial charge in [-0.15, -0.1) is 0 Å². The van der Waals surface area contributed by atoms with E-state index in [1.807, 2.05) is 17.0 Å². The maximum Gasteiger partial charge on any atom is 0.255 e. The Morgan fingerprint density at radius 2 is 2.24 bits per heavy atom. The molecule has 1 fully saturated rings. The number of benzene rings is 1. The fourth-order valence-corrected chi connectivity index (χ4v) is 3.32. The fourth-order valence-electron chi connectivity index (χ4n) is 2.22. The number of amides is 1. The molecular formula is C13H15ClINO.